The third-order valence-electron chi connectivity index (χ3n) is 2.93. The van der Waals surface area contributed by atoms with Crippen LogP contribution in [0.15, 0.2) is 23.7 Å². The molecule has 1 saturated carbocycles. The molecule has 1 aliphatic rings. The molecule has 2 aromatic heterocycles. The normalized spacial score (nSPS) is 14.9. The Kier molecular flexibility index (Phi) is 2.81. The maximum Gasteiger partial charge on any atom is 0.212 e. The average Bonchev–Trinajstić information content (AvgIpc) is 3.12. The van der Waals surface area contributed by atoms with Crippen molar-refractivity contribution in [1.82, 2.24) is 9.97 Å². The summed E-state index contributed by atoms with van der Waals surface area (Å²) in [4.78, 5) is 8.87. The first-order valence-electron chi connectivity index (χ1n) is 5.78. The second-order valence-corrected chi connectivity index (χ2v) is 5.27. The molecule has 1 fully saturated rings. The lowest BCUT2D eigenvalue weighted by atomic mass is 10.2. The predicted molar refractivity (Wildman–Crippen MR) is 67.7 cm³/mol. The molecule has 0 unspecified atom stereocenters. The lowest BCUT2D eigenvalue weighted by molar-refractivity contribution is 0.397. The number of rotatable bonds is 4. The van der Waals surface area contributed by atoms with E-state index in [9.17, 15) is 0 Å². The second-order valence-electron chi connectivity index (χ2n) is 4.33. The minimum Gasteiger partial charge on any atom is -0.481 e. The Balaban J connectivity index is 1.71. The lowest BCUT2D eigenvalue weighted by Crippen LogP contribution is -1.91. The number of thiazole rings is 1. The van der Waals surface area contributed by atoms with Gasteiger partial charge in [-0.2, -0.15) is 0 Å². The third-order valence-corrected chi connectivity index (χ3v) is 3.79. The standard InChI is InChI=1S/C13H14N2OS/c1-16-12-5-2-9(7-14-12)6-13-15-11(8-17-13)10-3-4-10/h2,5,7-8,10H,3-4,6H2,1H3. The predicted octanol–water partition coefficient (Wildman–Crippen LogP) is 3.01. The van der Waals surface area contributed by atoms with E-state index >= 15 is 0 Å². The van der Waals surface area contributed by atoms with Gasteiger partial charge in [0, 0.05) is 30.0 Å². The smallest absolute Gasteiger partial charge is 0.212 e. The van der Waals surface area contributed by atoms with E-state index in [1.54, 1.807) is 18.4 Å². The zero-order valence-electron chi connectivity index (χ0n) is 9.72. The number of hydrogen-bond donors (Lipinski definition) is 0. The van der Waals surface area contributed by atoms with Gasteiger partial charge in [0.2, 0.25) is 5.88 Å². The molecule has 2 aromatic rings. The van der Waals surface area contributed by atoms with E-state index in [4.69, 9.17) is 4.74 Å². The molecule has 0 amide bonds. The molecule has 0 saturated heterocycles. The lowest BCUT2D eigenvalue weighted by Gasteiger charge is -2.00. The quantitative estimate of drug-likeness (QED) is 0.831. The molecule has 4 heteroatoms. The van der Waals surface area contributed by atoms with Crippen molar-refractivity contribution in [1.29, 1.82) is 0 Å². The van der Waals surface area contributed by atoms with Crippen LogP contribution in [0, 0.1) is 0 Å². The van der Waals surface area contributed by atoms with Crippen LogP contribution >= 0.6 is 11.3 Å². The molecule has 3 rings (SSSR count). The molecule has 2 heterocycles. The van der Waals surface area contributed by atoms with Crippen molar-refractivity contribution in [3.05, 3.63) is 40.0 Å². The fourth-order valence-corrected chi connectivity index (χ4v) is 2.69. The summed E-state index contributed by atoms with van der Waals surface area (Å²) in [5.41, 5.74) is 2.47. The summed E-state index contributed by atoms with van der Waals surface area (Å²) < 4.78 is 5.04. The number of pyridine rings is 1. The van der Waals surface area contributed by atoms with Gasteiger partial charge in [0.25, 0.3) is 0 Å². The van der Waals surface area contributed by atoms with Crippen molar-refractivity contribution < 1.29 is 4.74 Å². The summed E-state index contributed by atoms with van der Waals surface area (Å²) in [5, 5.41) is 3.38. The van der Waals surface area contributed by atoms with Gasteiger partial charge in [-0.25, -0.2) is 9.97 Å². The van der Waals surface area contributed by atoms with Gasteiger partial charge in [-0.15, -0.1) is 11.3 Å². The van der Waals surface area contributed by atoms with Gasteiger partial charge >= 0.3 is 0 Å². The zero-order valence-corrected chi connectivity index (χ0v) is 10.5. The monoisotopic (exact) mass is 246 g/mol. The average molecular weight is 246 g/mol. The van der Waals surface area contributed by atoms with Crippen LogP contribution in [0.5, 0.6) is 5.88 Å². The summed E-state index contributed by atoms with van der Waals surface area (Å²) >= 11 is 1.75. The molecule has 3 nitrogen and oxygen atoms in total. The Morgan fingerprint density at radius 3 is 2.94 bits per heavy atom. The van der Waals surface area contributed by atoms with Crippen LogP contribution in [0.3, 0.4) is 0 Å². The minimum absolute atomic E-state index is 0.659. The van der Waals surface area contributed by atoms with E-state index < -0.39 is 0 Å². The fraction of sp³-hybridized carbons (Fsp3) is 0.385. The molecule has 1 aliphatic carbocycles. The van der Waals surface area contributed by atoms with Gasteiger partial charge in [-0.1, -0.05) is 6.07 Å². The van der Waals surface area contributed by atoms with E-state index in [-0.39, 0.29) is 0 Å². The molecule has 88 valence electrons. The van der Waals surface area contributed by atoms with Crippen LogP contribution in [0.2, 0.25) is 0 Å². The highest BCUT2D eigenvalue weighted by Gasteiger charge is 2.25. The number of hydrogen-bond acceptors (Lipinski definition) is 4. The summed E-state index contributed by atoms with van der Waals surface area (Å²) in [7, 11) is 1.63. The van der Waals surface area contributed by atoms with Crippen LogP contribution in [-0.2, 0) is 6.42 Å². The Morgan fingerprint density at radius 1 is 1.41 bits per heavy atom. The highest BCUT2D eigenvalue weighted by molar-refractivity contribution is 7.09. The van der Waals surface area contributed by atoms with E-state index in [2.05, 4.69) is 15.3 Å². The Bertz CT molecular complexity index is 502. The van der Waals surface area contributed by atoms with Gasteiger partial charge in [0.15, 0.2) is 0 Å². The van der Waals surface area contributed by atoms with E-state index in [0.717, 1.165) is 12.3 Å². The fourth-order valence-electron chi connectivity index (χ4n) is 1.78. The molecular weight excluding hydrogens is 232 g/mol. The second kappa shape index (κ2) is 4.45. The maximum atomic E-state index is 5.04. The van der Waals surface area contributed by atoms with Gasteiger partial charge in [-0.3, -0.25) is 0 Å². The summed E-state index contributed by atoms with van der Waals surface area (Å²) in [6, 6.07) is 3.94. The molecule has 17 heavy (non-hydrogen) atoms. The van der Waals surface area contributed by atoms with Crippen molar-refractivity contribution in [2.24, 2.45) is 0 Å². The van der Waals surface area contributed by atoms with E-state index in [1.165, 1.54) is 29.1 Å². The Labute approximate surface area is 105 Å². The summed E-state index contributed by atoms with van der Waals surface area (Å²) in [6.07, 6.45) is 5.35. The van der Waals surface area contributed by atoms with Crippen LogP contribution in [0.4, 0.5) is 0 Å². The highest BCUT2D eigenvalue weighted by atomic mass is 32.1. The first-order valence-corrected chi connectivity index (χ1v) is 6.66. The van der Waals surface area contributed by atoms with Gasteiger partial charge in [-0.05, 0) is 18.4 Å². The minimum atomic E-state index is 0.659. The molecule has 0 aromatic carbocycles. The van der Waals surface area contributed by atoms with Crippen LogP contribution in [-0.4, -0.2) is 17.1 Å². The molecule has 0 radical (unpaired) electrons. The van der Waals surface area contributed by atoms with Gasteiger partial charge < -0.3 is 4.74 Å². The van der Waals surface area contributed by atoms with Crippen molar-refractivity contribution in [2.45, 2.75) is 25.2 Å². The largest absolute Gasteiger partial charge is 0.481 e. The number of aromatic nitrogens is 2. The van der Waals surface area contributed by atoms with Crippen molar-refractivity contribution in [3.63, 3.8) is 0 Å². The maximum absolute atomic E-state index is 5.04. The zero-order chi connectivity index (χ0) is 11.7. The molecule has 0 atom stereocenters. The first-order chi connectivity index (χ1) is 8.35. The van der Waals surface area contributed by atoms with Gasteiger partial charge in [0.05, 0.1) is 17.8 Å². The summed E-state index contributed by atoms with van der Waals surface area (Å²) in [6.45, 7) is 0. The number of methoxy groups -OCH3 is 1. The van der Waals surface area contributed by atoms with Crippen molar-refractivity contribution in [2.75, 3.05) is 7.11 Å². The molecule has 0 N–H and O–H groups in total. The number of ether oxygens (including phenoxy) is 1. The molecule has 0 spiro atoms. The van der Waals surface area contributed by atoms with Crippen molar-refractivity contribution in [3.8, 4) is 5.88 Å². The third kappa shape index (κ3) is 2.47. The van der Waals surface area contributed by atoms with Crippen LogP contribution in [0.25, 0.3) is 0 Å². The summed E-state index contributed by atoms with van der Waals surface area (Å²) in [5.74, 6) is 1.40. The number of nitrogens with zero attached hydrogens (tertiary/aromatic N) is 2. The molecular formula is C13H14N2OS. The van der Waals surface area contributed by atoms with Crippen molar-refractivity contribution >= 4 is 11.3 Å². The van der Waals surface area contributed by atoms with E-state index in [0.29, 0.717) is 5.88 Å². The Morgan fingerprint density at radius 2 is 2.29 bits per heavy atom. The highest BCUT2D eigenvalue weighted by Crippen LogP contribution is 2.40. The van der Waals surface area contributed by atoms with Crippen LogP contribution in [0.1, 0.15) is 35.0 Å². The van der Waals surface area contributed by atoms with Gasteiger partial charge in [0.1, 0.15) is 0 Å². The van der Waals surface area contributed by atoms with Crippen LogP contribution < -0.4 is 4.74 Å². The first kappa shape index (κ1) is 10.7. The topological polar surface area (TPSA) is 35.0 Å². The Hall–Kier alpha value is -1.42. The van der Waals surface area contributed by atoms with E-state index in [1.807, 2.05) is 18.3 Å². The SMILES string of the molecule is COc1ccc(Cc2nc(C3CC3)cs2)cn1. The molecule has 0 aliphatic heterocycles. The molecule has 0 bridgehead atoms.